The molecular weight excluding hydrogens is 348 g/mol. The van der Waals surface area contributed by atoms with Crippen LogP contribution in [-0.2, 0) is 30.7 Å². The van der Waals surface area contributed by atoms with E-state index < -0.39 is 0 Å². The summed E-state index contributed by atoms with van der Waals surface area (Å²) in [6.07, 6.45) is 4.63. The van der Waals surface area contributed by atoms with Gasteiger partial charge < -0.3 is 4.74 Å². The molecule has 2 aromatic heterocycles. The Morgan fingerprint density at radius 2 is 2.00 bits per heavy atom. The Kier molecular flexibility index (Phi) is 4.82. The monoisotopic (exact) mass is 372 g/mol. The van der Waals surface area contributed by atoms with Crippen molar-refractivity contribution < 1.29 is 4.74 Å². The number of fused-ring (bicyclic) bond motifs is 3. The number of rotatable bonds is 3. The van der Waals surface area contributed by atoms with E-state index in [2.05, 4.69) is 24.8 Å². The highest BCUT2D eigenvalue weighted by molar-refractivity contribution is 7.18. The van der Waals surface area contributed by atoms with E-state index in [0.717, 1.165) is 42.6 Å². The molecule has 4 rings (SSSR count). The first-order valence-corrected chi connectivity index (χ1v) is 10.2. The van der Waals surface area contributed by atoms with Crippen LogP contribution in [0, 0.1) is 11.3 Å². The summed E-state index contributed by atoms with van der Waals surface area (Å²) >= 11 is 1.67. The number of morpholine rings is 1. The molecule has 0 radical (unpaired) electrons. The molecule has 0 saturated carbocycles. The van der Waals surface area contributed by atoms with Gasteiger partial charge in [-0.05, 0) is 45.1 Å². The Morgan fingerprint density at radius 1 is 1.27 bits per heavy atom. The van der Waals surface area contributed by atoms with E-state index >= 15 is 0 Å². The van der Waals surface area contributed by atoms with Gasteiger partial charge in [0, 0.05) is 18.0 Å². The molecule has 0 spiro atoms. The molecule has 0 amide bonds. The van der Waals surface area contributed by atoms with Gasteiger partial charge in [-0.2, -0.15) is 5.26 Å². The summed E-state index contributed by atoms with van der Waals surface area (Å²) in [5, 5.41) is 10.0. The fourth-order valence-electron chi connectivity index (χ4n) is 4.25. The quantitative estimate of drug-likeness (QED) is 0.828. The summed E-state index contributed by atoms with van der Waals surface area (Å²) in [7, 11) is 0. The Hall–Kier alpha value is -1.75. The van der Waals surface area contributed by atoms with E-state index in [1.54, 1.807) is 15.9 Å². The summed E-state index contributed by atoms with van der Waals surface area (Å²) in [6.45, 7) is 6.38. The molecule has 2 aliphatic rings. The maximum Gasteiger partial charge on any atom is 0.263 e. The first-order valence-electron chi connectivity index (χ1n) is 9.35. The fourth-order valence-corrected chi connectivity index (χ4v) is 5.52. The average molecular weight is 372 g/mol. The first kappa shape index (κ1) is 17.7. The van der Waals surface area contributed by atoms with Crippen molar-refractivity contribution in [3.63, 3.8) is 0 Å². The van der Waals surface area contributed by atoms with Gasteiger partial charge in [-0.15, -0.1) is 11.3 Å². The summed E-state index contributed by atoms with van der Waals surface area (Å²) in [6, 6.07) is 2.14. The van der Waals surface area contributed by atoms with Gasteiger partial charge in [-0.3, -0.25) is 14.3 Å². The van der Waals surface area contributed by atoms with Crippen molar-refractivity contribution >= 4 is 21.6 Å². The molecule has 1 aliphatic carbocycles. The Bertz CT molecular complexity index is 916. The van der Waals surface area contributed by atoms with Gasteiger partial charge in [0.15, 0.2) is 0 Å². The van der Waals surface area contributed by atoms with Crippen LogP contribution in [-0.4, -0.2) is 39.7 Å². The minimum absolute atomic E-state index is 0.0414. The minimum atomic E-state index is -0.0414. The van der Waals surface area contributed by atoms with Crippen molar-refractivity contribution in [1.82, 2.24) is 14.5 Å². The van der Waals surface area contributed by atoms with Gasteiger partial charge in [0.1, 0.15) is 17.2 Å². The van der Waals surface area contributed by atoms with Crippen molar-refractivity contribution in [2.75, 3.05) is 13.1 Å². The third kappa shape index (κ3) is 3.18. The molecule has 2 atom stereocenters. The standard InChI is InChI=1S/C19H24N4O2S/c1-12-9-22(10-13(2)25-12)11-16-21-18-17(19(24)23(16)8-7-20)14-5-3-4-6-15(14)26-18/h12-13H,3-6,8-11H2,1-2H3. The number of hydrogen-bond donors (Lipinski definition) is 0. The van der Waals surface area contributed by atoms with Crippen LogP contribution in [0.5, 0.6) is 0 Å². The second-order valence-corrected chi connectivity index (χ2v) is 8.50. The number of aromatic nitrogens is 2. The van der Waals surface area contributed by atoms with Crippen LogP contribution in [0.4, 0.5) is 0 Å². The van der Waals surface area contributed by atoms with E-state index in [1.165, 1.54) is 16.9 Å². The van der Waals surface area contributed by atoms with E-state index in [4.69, 9.17) is 9.72 Å². The summed E-state index contributed by atoms with van der Waals surface area (Å²) < 4.78 is 7.38. The topological polar surface area (TPSA) is 71.2 Å². The molecule has 1 fully saturated rings. The van der Waals surface area contributed by atoms with Gasteiger partial charge in [0.25, 0.3) is 5.56 Å². The lowest BCUT2D eigenvalue weighted by molar-refractivity contribution is -0.0713. The Labute approximate surface area is 157 Å². The molecule has 138 valence electrons. The molecule has 6 nitrogen and oxygen atoms in total. The smallest absolute Gasteiger partial charge is 0.263 e. The molecule has 0 N–H and O–H groups in total. The molecule has 1 aliphatic heterocycles. The van der Waals surface area contributed by atoms with E-state index in [1.807, 2.05) is 0 Å². The largest absolute Gasteiger partial charge is 0.373 e. The van der Waals surface area contributed by atoms with Gasteiger partial charge in [-0.25, -0.2) is 4.98 Å². The van der Waals surface area contributed by atoms with Crippen molar-refractivity contribution in [2.45, 2.75) is 64.8 Å². The van der Waals surface area contributed by atoms with Crippen molar-refractivity contribution in [1.29, 1.82) is 5.26 Å². The SMILES string of the molecule is CC1CN(Cc2nc3sc4c(c3c(=O)n2CC#N)CCCC4)CC(C)O1. The van der Waals surface area contributed by atoms with E-state index in [0.29, 0.717) is 12.4 Å². The zero-order chi connectivity index (χ0) is 18.3. The Balaban J connectivity index is 1.77. The zero-order valence-electron chi connectivity index (χ0n) is 15.3. The van der Waals surface area contributed by atoms with Crippen LogP contribution in [0.1, 0.15) is 43.0 Å². The Morgan fingerprint density at radius 3 is 2.73 bits per heavy atom. The second-order valence-electron chi connectivity index (χ2n) is 7.42. The minimum Gasteiger partial charge on any atom is -0.373 e. The number of thiophene rings is 1. The molecule has 7 heteroatoms. The molecule has 0 bridgehead atoms. The van der Waals surface area contributed by atoms with Crippen LogP contribution in [0.15, 0.2) is 4.79 Å². The number of hydrogen-bond acceptors (Lipinski definition) is 6. The molecule has 26 heavy (non-hydrogen) atoms. The normalized spacial score (nSPS) is 23.7. The lowest BCUT2D eigenvalue weighted by Crippen LogP contribution is -2.45. The molecule has 2 aromatic rings. The predicted molar refractivity (Wildman–Crippen MR) is 101 cm³/mol. The third-order valence-corrected chi connectivity index (χ3v) is 6.43. The number of nitrogens with zero attached hydrogens (tertiary/aromatic N) is 4. The van der Waals surface area contributed by atoms with E-state index in [9.17, 15) is 10.1 Å². The lowest BCUT2D eigenvalue weighted by atomic mass is 9.97. The average Bonchev–Trinajstić information content (AvgIpc) is 2.95. The van der Waals surface area contributed by atoms with Crippen LogP contribution < -0.4 is 5.56 Å². The maximum atomic E-state index is 13.2. The maximum absolute atomic E-state index is 13.2. The van der Waals surface area contributed by atoms with Crippen molar-refractivity contribution in [3.05, 3.63) is 26.6 Å². The van der Waals surface area contributed by atoms with Gasteiger partial charge in [0.2, 0.25) is 0 Å². The summed E-state index contributed by atoms with van der Waals surface area (Å²) in [5.41, 5.74) is 1.14. The molecule has 2 unspecified atom stereocenters. The van der Waals surface area contributed by atoms with Gasteiger partial charge in [-0.1, -0.05) is 0 Å². The summed E-state index contributed by atoms with van der Waals surface area (Å²) in [4.78, 5) is 22.5. The van der Waals surface area contributed by atoms with Crippen molar-refractivity contribution in [2.24, 2.45) is 0 Å². The van der Waals surface area contributed by atoms with Gasteiger partial charge in [0.05, 0.1) is 30.2 Å². The van der Waals surface area contributed by atoms with Crippen LogP contribution >= 0.6 is 11.3 Å². The second kappa shape index (κ2) is 7.10. The number of nitriles is 1. The summed E-state index contributed by atoms with van der Waals surface area (Å²) in [5.74, 6) is 0.698. The molecule has 0 aromatic carbocycles. The van der Waals surface area contributed by atoms with Crippen molar-refractivity contribution in [3.8, 4) is 6.07 Å². The third-order valence-electron chi connectivity index (χ3n) is 5.24. The predicted octanol–water partition coefficient (Wildman–Crippen LogP) is 2.47. The number of ether oxygens (including phenoxy) is 1. The molecule has 3 heterocycles. The van der Waals surface area contributed by atoms with E-state index in [-0.39, 0.29) is 24.3 Å². The first-order chi connectivity index (χ1) is 12.6. The highest BCUT2D eigenvalue weighted by Gasteiger charge is 2.26. The molecule has 1 saturated heterocycles. The highest BCUT2D eigenvalue weighted by Crippen LogP contribution is 2.33. The molecular formula is C19H24N4O2S. The lowest BCUT2D eigenvalue weighted by Gasteiger charge is -2.35. The van der Waals surface area contributed by atoms with Crippen LogP contribution in [0.3, 0.4) is 0 Å². The van der Waals surface area contributed by atoms with Crippen LogP contribution in [0.2, 0.25) is 0 Å². The highest BCUT2D eigenvalue weighted by atomic mass is 32.1. The zero-order valence-corrected chi connectivity index (χ0v) is 16.1. The van der Waals surface area contributed by atoms with Gasteiger partial charge >= 0.3 is 0 Å². The van der Waals surface area contributed by atoms with Crippen LogP contribution in [0.25, 0.3) is 10.2 Å². The number of aryl methyl sites for hydroxylation is 2. The fraction of sp³-hybridized carbons (Fsp3) is 0.632.